The fourth-order valence-corrected chi connectivity index (χ4v) is 4.06. The van der Waals surface area contributed by atoms with Gasteiger partial charge in [-0.25, -0.2) is 0 Å². The Morgan fingerprint density at radius 2 is 1.89 bits per heavy atom. The Kier molecular flexibility index (Phi) is 6.30. The van der Waals surface area contributed by atoms with Gasteiger partial charge in [-0.05, 0) is 55.7 Å². The van der Waals surface area contributed by atoms with Crippen molar-refractivity contribution in [2.75, 3.05) is 13.6 Å². The fourth-order valence-electron chi connectivity index (χ4n) is 4.06. The van der Waals surface area contributed by atoms with Gasteiger partial charge >= 0.3 is 0 Å². The van der Waals surface area contributed by atoms with E-state index >= 15 is 0 Å². The summed E-state index contributed by atoms with van der Waals surface area (Å²) in [6, 6.07) is 11.8. The van der Waals surface area contributed by atoms with Crippen molar-refractivity contribution in [1.29, 1.82) is 0 Å². The highest BCUT2D eigenvalue weighted by Crippen LogP contribution is 2.35. The summed E-state index contributed by atoms with van der Waals surface area (Å²) in [5, 5.41) is 8.08. The molecular weight excluding hydrogens is 442 g/mol. The van der Waals surface area contributed by atoms with Crippen molar-refractivity contribution in [1.82, 2.24) is 24.9 Å². The third-order valence-corrected chi connectivity index (χ3v) is 6.26. The summed E-state index contributed by atoms with van der Waals surface area (Å²) in [5.74, 6) is -1.35. The van der Waals surface area contributed by atoms with Gasteiger partial charge in [0.25, 0.3) is 17.7 Å². The third kappa shape index (κ3) is 4.35. The molecule has 0 fully saturated rings. The monoisotopic (exact) mass is 471 g/mol. The maximum Gasteiger partial charge on any atom is 0.271 e. The van der Waals surface area contributed by atoms with Crippen LogP contribution in [0.15, 0.2) is 67.1 Å². The molecule has 8 heteroatoms. The highest BCUT2D eigenvalue weighted by molar-refractivity contribution is 6.08. The zero-order valence-corrected chi connectivity index (χ0v) is 20.5. The molecule has 1 aromatic heterocycles. The summed E-state index contributed by atoms with van der Waals surface area (Å²) < 4.78 is 1.93. The van der Waals surface area contributed by atoms with Gasteiger partial charge in [0, 0.05) is 36.8 Å². The SMILES string of the molecule is C=C(NC(=O)C(=C)N1Cc2c(cccc2-c2ccc3nn(C(C)C)cc3c2)C1=O)C(=O)N(C)CC. The van der Waals surface area contributed by atoms with Crippen molar-refractivity contribution in [2.24, 2.45) is 0 Å². The van der Waals surface area contributed by atoms with Crippen LogP contribution in [0.4, 0.5) is 0 Å². The maximum atomic E-state index is 13.2. The number of fused-ring (bicyclic) bond motifs is 2. The summed E-state index contributed by atoms with van der Waals surface area (Å²) in [6.45, 7) is 14.1. The van der Waals surface area contributed by atoms with E-state index in [1.165, 1.54) is 9.80 Å². The first-order valence-corrected chi connectivity index (χ1v) is 11.5. The number of hydrogen-bond acceptors (Lipinski definition) is 4. The standard InChI is InChI=1S/C27H29N5O3/c1-7-30(6)26(34)17(4)28-25(33)18(5)31-15-23-21(9-8-10-22(23)27(31)35)19-11-12-24-20(13-19)14-32(29-24)16(2)3/h8-14,16H,4-5,7,15H2,1-3,6H3,(H,28,33). The molecule has 1 aliphatic heterocycles. The molecule has 35 heavy (non-hydrogen) atoms. The Hall–Kier alpha value is -4.20. The average Bonchev–Trinajstić information content (AvgIpc) is 3.43. The van der Waals surface area contributed by atoms with Gasteiger partial charge in [-0.2, -0.15) is 5.10 Å². The Morgan fingerprint density at radius 3 is 2.57 bits per heavy atom. The molecule has 2 aromatic carbocycles. The third-order valence-electron chi connectivity index (χ3n) is 6.26. The van der Waals surface area contributed by atoms with Crippen LogP contribution in [0.1, 0.15) is 42.7 Å². The molecule has 1 N–H and O–H groups in total. The minimum Gasteiger partial charge on any atom is -0.341 e. The molecule has 0 bridgehead atoms. The quantitative estimate of drug-likeness (QED) is 0.530. The van der Waals surface area contributed by atoms with Gasteiger partial charge in [-0.15, -0.1) is 0 Å². The van der Waals surface area contributed by atoms with E-state index in [1.54, 1.807) is 13.1 Å². The number of nitrogens with one attached hydrogen (secondary N) is 1. The smallest absolute Gasteiger partial charge is 0.271 e. The van der Waals surface area contributed by atoms with Crippen LogP contribution in [-0.4, -0.2) is 50.9 Å². The normalized spacial score (nSPS) is 12.7. The number of carbonyl (C=O) groups is 3. The lowest BCUT2D eigenvalue weighted by Crippen LogP contribution is -2.39. The molecule has 3 amide bonds. The average molecular weight is 472 g/mol. The topological polar surface area (TPSA) is 87.5 Å². The van der Waals surface area contributed by atoms with Crippen molar-refractivity contribution >= 4 is 28.6 Å². The second-order valence-electron chi connectivity index (χ2n) is 8.90. The molecule has 0 saturated heterocycles. The van der Waals surface area contributed by atoms with Crippen molar-refractivity contribution < 1.29 is 14.4 Å². The van der Waals surface area contributed by atoms with Crippen molar-refractivity contribution in [2.45, 2.75) is 33.4 Å². The number of nitrogens with zero attached hydrogens (tertiary/aromatic N) is 4. The molecule has 0 spiro atoms. The maximum absolute atomic E-state index is 13.2. The minimum atomic E-state index is -0.641. The van der Waals surface area contributed by atoms with Gasteiger partial charge in [0.05, 0.1) is 17.8 Å². The van der Waals surface area contributed by atoms with E-state index in [-0.39, 0.29) is 29.9 Å². The molecule has 0 unspecified atom stereocenters. The molecule has 1 aliphatic rings. The van der Waals surface area contributed by atoms with Gasteiger partial charge in [0.15, 0.2) is 0 Å². The van der Waals surface area contributed by atoms with E-state index in [2.05, 4.69) is 43.5 Å². The van der Waals surface area contributed by atoms with Crippen LogP contribution in [0.25, 0.3) is 22.0 Å². The van der Waals surface area contributed by atoms with E-state index in [0.717, 1.165) is 27.6 Å². The summed E-state index contributed by atoms with van der Waals surface area (Å²) in [5.41, 5.74) is 4.01. The second kappa shape index (κ2) is 9.21. The van der Waals surface area contributed by atoms with Gasteiger partial charge in [-0.1, -0.05) is 31.4 Å². The summed E-state index contributed by atoms with van der Waals surface area (Å²) in [7, 11) is 1.61. The summed E-state index contributed by atoms with van der Waals surface area (Å²) >= 11 is 0. The number of aromatic nitrogens is 2. The first-order chi connectivity index (χ1) is 16.6. The predicted octanol–water partition coefficient (Wildman–Crippen LogP) is 3.86. The lowest BCUT2D eigenvalue weighted by Gasteiger charge is -2.20. The molecular formula is C27H29N5O3. The number of carbonyl (C=O) groups excluding carboxylic acids is 3. The van der Waals surface area contributed by atoms with E-state index in [0.29, 0.717) is 12.1 Å². The first kappa shape index (κ1) is 23.9. The number of amides is 3. The molecule has 0 saturated carbocycles. The molecule has 4 rings (SSSR count). The van der Waals surface area contributed by atoms with Crippen LogP contribution < -0.4 is 5.32 Å². The molecule has 0 atom stereocenters. The Morgan fingerprint density at radius 1 is 1.17 bits per heavy atom. The van der Waals surface area contributed by atoms with E-state index in [9.17, 15) is 14.4 Å². The molecule has 180 valence electrons. The zero-order chi connectivity index (χ0) is 25.4. The summed E-state index contributed by atoms with van der Waals surface area (Å²) in [4.78, 5) is 40.9. The van der Waals surface area contributed by atoms with E-state index in [1.807, 2.05) is 42.1 Å². The van der Waals surface area contributed by atoms with E-state index < -0.39 is 11.8 Å². The molecule has 0 radical (unpaired) electrons. The van der Waals surface area contributed by atoms with Crippen molar-refractivity contribution in [3.05, 3.63) is 78.3 Å². The number of rotatable bonds is 7. The number of likely N-dealkylation sites (N-methyl/N-ethyl adjacent to an activating group) is 1. The number of hydrogen-bond donors (Lipinski definition) is 1. The minimum absolute atomic E-state index is 0.0427. The van der Waals surface area contributed by atoms with Crippen LogP contribution in [0.3, 0.4) is 0 Å². The lowest BCUT2D eigenvalue weighted by molar-refractivity contribution is -0.128. The van der Waals surface area contributed by atoms with Crippen LogP contribution in [-0.2, 0) is 16.1 Å². The van der Waals surface area contributed by atoms with E-state index in [4.69, 9.17) is 0 Å². The largest absolute Gasteiger partial charge is 0.341 e. The zero-order valence-electron chi connectivity index (χ0n) is 20.5. The van der Waals surface area contributed by atoms with Gasteiger partial charge in [0.1, 0.15) is 5.70 Å². The van der Waals surface area contributed by atoms with Gasteiger partial charge in [-0.3, -0.25) is 24.0 Å². The van der Waals surface area contributed by atoms with Crippen LogP contribution in [0.5, 0.6) is 0 Å². The van der Waals surface area contributed by atoms with Gasteiger partial charge < -0.3 is 10.2 Å². The highest BCUT2D eigenvalue weighted by atomic mass is 16.2. The first-order valence-electron chi connectivity index (χ1n) is 11.5. The second-order valence-corrected chi connectivity index (χ2v) is 8.90. The van der Waals surface area contributed by atoms with Crippen LogP contribution in [0, 0.1) is 0 Å². The highest BCUT2D eigenvalue weighted by Gasteiger charge is 2.33. The molecule has 2 heterocycles. The molecule has 8 nitrogen and oxygen atoms in total. The van der Waals surface area contributed by atoms with Crippen molar-refractivity contribution in [3.8, 4) is 11.1 Å². The fraction of sp³-hybridized carbons (Fsp3) is 0.259. The van der Waals surface area contributed by atoms with Crippen LogP contribution >= 0.6 is 0 Å². The lowest BCUT2D eigenvalue weighted by atomic mass is 9.96. The van der Waals surface area contributed by atoms with Crippen LogP contribution in [0.2, 0.25) is 0 Å². The van der Waals surface area contributed by atoms with Gasteiger partial charge in [0.2, 0.25) is 0 Å². The molecule has 3 aromatic rings. The van der Waals surface area contributed by atoms with Crippen molar-refractivity contribution in [3.63, 3.8) is 0 Å². The predicted molar refractivity (Wildman–Crippen MR) is 135 cm³/mol. The summed E-state index contributed by atoms with van der Waals surface area (Å²) in [6.07, 6.45) is 2.01. The molecule has 0 aliphatic carbocycles. The Balaban J connectivity index is 1.59. The Labute approximate surface area is 204 Å². The number of benzene rings is 2. The Bertz CT molecular complexity index is 1380.